The van der Waals surface area contributed by atoms with Crippen LogP contribution in [0.2, 0.25) is 0 Å². The SMILES string of the molecule is COCCNc1ccc(-c2ncccn2)cc1C#N. The predicted octanol–water partition coefficient (Wildman–Crippen LogP) is 2.07. The Morgan fingerprint density at radius 3 is 2.79 bits per heavy atom. The van der Waals surface area contributed by atoms with E-state index in [1.165, 1.54) is 0 Å². The summed E-state index contributed by atoms with van der Waals surface area (Å²) in [6.45, 7) is 1.25. The van der Waals surface area contributed by atoms with E-state index in [0.29, 0.717) is 24.5 Å². The van der Waals surface area contributed by atoms with E-state index >= 15 is 0 Å². The van der Waals surface area contributed by atoms with Gasteiger partial charge in [-0.25, -0.2) is 9.97 Å². The average Bonchev–Trinajstić information content (AvgIpc) is 2.48. The molecule has 0 saturated carbocycles. The molecular formula is C14H14N4O. The van der Waals surface area contributed by atoms with Gasteiger partial charge < -0.3 is 10.1 Å². The summed E-state index contributed by atoms with van der Waals surface area (Å²) >= 11 is 0. The summed E-state index contributed by atoms with van der Waals surface area (Å²) in [7, 11) is 1.64. The van der Waals surface area contributed by atoms with Gasteiger partial charge in [-0.1, -0.05) is 0 Å². The Kier molecular flexibility index (Phi) is 4.43. The first-order chi connectivity index (χ1) is 9.35. The molecule has 19 heavy (non-hydrogen) atoms. The van der Waals surface area contributed by atoms with E-state index in [1.54, 1.807) is 31.6 Å². The summed E-state index contributed by atoms with van der Waals surface area (Å²) in [6.07, 6.45) is 3.36. The summed E-state index contributed by atoms with van der Waals surface area (Å²) < 4.78 is 4.96. The number of benzene rings is 1. The molecule has 0 unspecified atom stereocenters. The number of methoxy groups -OCH3 is 1. The highest BCUT2D eigenvalue weighted by Gasteiger charge is 2.06. The minimum absolute atomic E-state index is 0.570. The molecule has 0 saturated heterocycles. The highest BCUT2D eigenvalue weighted by molar-refractivity contribution is 5.67. The van der Waals surface area contributed by atoms with Gasteiger partial charge in [0.1, 0.15) is 6.07 Å². The second-order valence-electron chi connectivity index (χ2n) is 3.86. The maximum absolute atomic E-state index is 9.18. The third kappa shape index (κ3) is 3.27. The smallest absolute Gasteiger partial charge is 0.159 e. The van der Waals surface area contributed by atoms with Gasteiger partial charge in [0.05, 0.1) is 17.9 Å². The van der Waals surface area contributed by atoms with Crippen LogP contribution >= 0.6 is 0 Å². The number of hydrogen-bond donors (Lipinski definition) is 1. The number of ether oxygens (including phenoxy) is 1. The molecule has 5 nitrogen and oxygen atoms in total. The van der Waals surface area contributed by atoms with Crippen molar-refractivity contribution in [3.63, 3.8) is 0 Å². The highest BCUT2D eigenvalue weighted by atomic mass is 16.5. The van der Waals surface area contributed by atoms with E-state index in [-0.39, 0.29) is 0 Å². The van der Waals surface area contributed by atoms with Crippen LogP contribution < -0.4 is 5.32 Å². The third-order valence-electron chi connectivity index (χ3n) is 2.59. The number of nitrogens with zero attached hydrogens (tertiary/aromatic N) is 3. The van der Waals surface area contributed by atoms with Crippen molar-refractivity contribution < 1.29 is 4.74 Å². The minimum atomic E-state index is 0.570. The number of nitrogens with one attached hydrogen (secondary N) is 1. The normalized spacial score (nSPS) is 9.89. The molecule has 0 amide bonds. The van der Waals surface area contributed by atoms with E-state index in [0.717, 1.165) is 11.3 Å². The second kappa shape index (κ2) is 6.47. The van der Waals surface area contributed by atoms with Gasteiger partial charge in [-0.2, -0.15) is 5.26 Å². The summed E-state index contributed by atoms with van der Waals surface area (Å²) in [6, 6.07) is 9.47. The zero-order chi connectivity index (χ0) is 13.5. The fraction of sp³-hybridized carbons (Fsp3) is 0.214. The van der Waals surface area contributed by atoms with Crippen molar-refractivity contribution in [1.29, 1.82) is 5.26 Å². The van der Waals surface area contributed by atoms with Gasteiger partial charge in [0.25, 0.3) is 0 Å². The standard InChI is InChI=1S/C14H14N4O/c1-19-8-7-16-13-4-3-11(9-12(13)10-15)14-17-5-2-6-18-14/h2-6,9,16H,7-8H2,1H3. The third-order valence-corrected chi connectivity index (χ3v) is 2.59. The van der Waals surface area contributed by atoms with Crippen molar-refractivity contribution in [3.8, 4) is 17.5 Å². The molecule has 5 heteroatoms. The summed E-state index contributed by atoms with van der Waals surface area (Å²) in [5.74, 6) is 0.613. The van der Waals surface area contributed by atoms with E-state index in [4.69, 9.17) is 4.74 Å². The fourth-order valence-corrected chi connectivity index (χ4v) is 1.67. The van der Waals surface area contributed by atoms with E-state index in [1.807, 2.05) is 12.1 Å². The maximum Gasteiger partial charge on any atom is 0.159 e. The fourth-order valence-electron chi connectivity index (χ4n) is 1.67. The number of anilines is 1. The molecule has 0 radical (unpaired) electrons. The van der Waals surface area contributed by atoms with Crippen molar-refractivity contribution in [3.05, 3.63) is 42.2 Å². The topological polar surface area (TPSA) is 70.8 Å². The first kappa shape index (κ1) is 13.0. The van der Waals surface area contributed by atoms with Crippen LogP contribution in [0.1, 0.15) is 5.56 Å². The summed E-state index contributed by atoms with van der Waals surface area (Å²) in [5.41, 5.74) is 2.19. The molecule has 0 aliphatic heterocycles. The molecule has 1 N–H and O–H groups in total. The molecule has 0 fully saturated rings. The van der Waals surface area contributed by atoms with E-state index in [9.17, 15) is 5.26 Å². The lowest BCUT2D eigenvalue weighted by molar-refractivity contribution is 0.211. The van der Waals surface area contributed by atoms with Gasteiger partial charge in [0.15, 0.2) is 5.82 Å². The molecule has 1 aromatic heterocycles. The molecule has 96 valence electrons. The first-order valence-corrected chi connectivity index (χ1v) is 5.89. The van der Waals surface area contributed by atoms with Gasteiger partial charge in [-0.05, 0) is 24.3 Å². The second-order valence-corrected chi connectivity index (χ2v) is 3.86. The van der Waals surface area contributed by atoms with Gasteiger partial charge in [-0.3, -0.25) is 0 Å². The quantitative estimate of drug-likeness (QED) is 0.827. The largest absolute Gasteiger partial charge is 0.383 e. The molecule has 2 aromatic rings. The lowest BCUT2D eigenvalue weighted by Crippen LogP contribution is -2.08. The lowest BCUT2D eigenvalue weighted by atomic mass is 10.1. The maximum atomic E-state index is 9.18. The van der Waals surface area contributed by atoms with Crippen LogP contribution in [0.3, 0.4) is 0 Å². The number of aromatic nitrogens is 2. The van der Waals surface area contributed by atoms with Crippen LogP contribution in [0.25, 0.3) is 11.4 Å². The monoisotopic (exact) mass is 254 g/mol. The number of hydrogen-bond acceptors (Lipinski definition) is 5. The van der Waals surface area contributed by atoms with Crippen molar-refractivity contribution in [2.45, 2.75) is 0 Å². The molecule has 0 atom stereocenters. The Bertz CT molecular complexity index is 578. The van der Waals surface area contributed by atoms with Crippen molar-refractivity contribution in [2.24, 2.45) is 0 Å². The van der Waals surface area contributed by atoms with Crippen molar-refractivity contribution in [2.75, 3.05) is 25.6 Å². The van der Waals surface area contributed by atoms with Gasteiger partial charge in [-0.15, -0.1) is 0 Å². The molecular weight excluding hydrogens is 240 g/mol. The van der Waals surface area contributed by atoms with Gasteiger partial charge >= 0.3 is 0 Å². The number of nitriles is 1. The van der Waals surface area contributed by atoms with Crippen LogP contribution in [0.15, 0.2) is 36.7 Å². The highest BCUT2D eigenvalue weighted by Crippen LogP contribution is 2.22. The first-order valence-electron chi connectivity index (χ1n) is 5.89. The Labute approximate surface area is 111 Å². The Morgan fingerprint density at radius 2 is 2.11 bits per heavy atom. The van der Waals surface area contributed by atoms with Crippen LogP contribution in [0, 0.1) is 11.3 Å². The summed E-state index contributed by atoms with van der Waals surface area (Å²) in [5, 5.41) is 12.3. The van der Waals surface area contributed by atoms with Crippen LogP contribution in [0.4, 0.5) is 5.69 Å². The van der Waals surface area contributed by atoms with Crippen LogP contribution in [0.5, 0.6) is 0 Å². The Morgan fingerprint density at radius 1 is 1.32 bits per heavy atom. The zero-order valence-electron chi connectivity index (χ0n) is 10.6. The Balaban J connectivity index is 2.24. The molecule has 0 bridgehead atoms. The van der Waals surface area contributed by atoms with Gasteiger partial charge in [0, 0.05) is 31.6 Å². The molecule has 0 aliphatic carbocycles. The molecule has 1 aromatic carbocycles. The summed E-state index contributed by atoms with van der Waals surface area (Å²) in [4.78, 5) is 8.34. The van der Waals surface area contributed by atoms with Crippen molar-refractivity contribution >= 4 is 5.69 Å². The van der Waals surface area contributed by atoms with Crippen molar-refractivity contribution in [1.82, 2.24) is 9.97 Å². The minimum Gasteiger partial charge on any atom is -0.383 e. The predicted molar refractivity (Wildman–Crippen MR) is 72.5 cm³/mol. The van der Waals surface area contributed by atoms with E-state index < -0.39 is 0 Å². The molecule has 1 heterocycles. The van der Waals surface area contributed by atoms with Gasteiger partial charge in [0.2, 0.25) is 0 Å². The molecule has 0 aliphatic rings. The van der Waals surface area contributed by atoms with E-state index in [2.05, 4.69) is 21.4 Å². The Hall–Kier alpha value is -2.45. The molecule has 0 spiro atoms. The van der Waals surface area contributed by atoms with Crippen LogP contribution in [-0.4, -0.2) is 30.2 Å². The lowest BCUT2D eigenvalue weighted by Gasteiger charge is -2.08. The van der Waals surface area contributed by atoms with Crippen LogP contribution in [-0.2, 0) is 4.74 Å². The zero-order valence-corrected chi connectivity index (χ0v) is 10.6. The number of rotatable bonds is 5. The molecule has 2 rings (SSSR count). The average molecular weight is 254 g/mol.